The number of hydrogen-bond donors (Lipinski definition) is 1. The van der Waals surface area contributed by atoms with Crippen molar-refractivity contribution in [3.8, 4) is 0 Å². The maximum Gasteiger partial charge on any atom is 0.327 e. The molecule has 0 unspecified atom stereocenters. The zero-order valence-electron chi connectivity index (χ0n) is 22.2. The average Bonchev–Trinajstić information content (AvgIpc) is 3.49. The molecule has 38 heavy (non-hydrogen) atoms. The number of fused-ring (bicyclic) bond motifs is 1. The molecule has 10 nitrogen and oxygen atoms in total. The highest BCUT2D eigenvalue weighted by Gasteiger charge is 2.63. The Morgan fingerprint density at radius 3 is 2.32 bits per heavy atom. The predicted molar refractivity (Wildman–Crippen MR) is 142 cm³/mol. The fourth-order valence-corrected chi connectivity index (χ4v) is 6.94. The molecule has 1 saturated carbocycles. The van der Waals surface area contributed by atoms with Crippen LogP contribution in [-0.2, 0) is 32.5 Å². The summed E-state index contributed by atoms with van der Waals surface area (Å²) in [6.45, 7) is 8.50. The van der Waals surface area contributed by atoms with Crippen molar-refractivity contribution in [3.63, 3.8) is 0 Å². The number of halogens is 1. The molecule has 0 atom stereocenters. The Morgan fingerprint density at radius 1 is 1.11 bits per heavy atom. The van der Waals surface area contributed by atoms with Gasteiger partial charge in [-0.25, -0.2) is 13.4 Å². The summed E-state index contributed by atoms with van der Waals surface area (Å²) in [5.41, 5.74) is 0.244. The van der Waals surface area contributed by atoms with Crippen molar-refractivity contribution in [3.05, 3.63) is 52.6 Å². The van der Waals surface area contributed by atoms with Crippen molar-refractivity contribution in [2.45, 2.75) is 75.6 Å². The number of esters is 1. The molecule has 1 aromatic carbocycles. The summed E-state index contributed by atoms with van der Waals surface area (Å²) in [5, 5.41) is 3.39. The van der Waals surface area contributed by atoms with E-state index in [4.69, 9.17) is 16.3 Å². The van der Waals surface area contributed by atoms with Gasteiger partial charge in [0.05, 0.1) is 10.9 Å². The Morgan fingerprint density at radius 2 is 1.74 bits per heavy atom. The number of amides is 2. The Labute approximate surface area is 227 Å². The molecule has 0 spiro atoms. The van der Waals surface area contributed by atoms with Crippen LogP contribution in [0, 0.1) is 0 Å². The van der Waals surface area contributed by atoms with Gasteiger partial charge < -0.3 is 19.5 Å². The van der Waals surface area contributed by atoms with E-state index in [0.717, 1.165) is 5.56 Å². The summed E-state index contributed by atoms with van der Waals surface area (Å²) in [6, 6.07) is 7.07. The van der Waals surface area contributed by atoms with Gasteiger partial charge in [0.2, 0.25) is 0 Å². The van der Waals surface area contributed by atoms with Crippen LogP contribution in [0.25, 0.3) is 0 Å². The van der Waals surface area contributed by atoms with Gasteiger partial charge in [-0.05, 0) is 65.2 Å². The zero-order chi connectivity index (χ0) is 28.1. The number of sulfone groups is 1. The lowest BCUT2D eigenvalue weighted by Gasteiger charge is -2.35. The van der Waals surface area contributed by atoms with Crippen LogP contribution >= 0.6 is 11.6 Å². The monoisotopic (exact) mass is 564 g/mol. The minimum Gasteiger partial charge on any atom is -0.459 e. The minimum absolute atomic E-state index is 0.0380. The Kier molecular flexibility index (Phi) is 7.15. The molecule has 2 aromatic rings. The fourth-order valence-electron chi connectivity index (χ4n) is 4.50. The molecule has 12 heteroatoms. The van der Waals surface area contributed by atoms with E-state index in [1.165, 1.54) is 24.9 Å². The predicted octanol–water partition coefficient (Wildman–Crippen LogP) is 2.99. The summed E-state index contributed by atoms with van der Waals surface area (Å²) in [7, 11) is -4.01. The van der Waals surface area contributed by atoms with E-state index in [0.29, 0.717) is 17.9 Å². The molecule has 4 rings (SSSR count). The number of ether oxygens (including phenoxy) is 1. The molecule has 1 aliphatic heterocycles. The van der Waals surface area contributed by atoms with E-state index in [2.05, 4.69) is 10.3 Å². The van der Waals surface area contributed by atoms with Gasteiger partial charge in [-0.1, -0.05) is 23.7 Å². The molecule has 1 fully saturated rings. The number of nitrogens with zero attached hydrogens (tertiary/aromatic N) is 3. The molecule has 206 valence electrons. The third-order valence-electron chi connectivity index (χ3n) is 6.94. The molecule has 2 amide bonds. The number of carbonyl (C=O) groups is 3. The lowest BCUT2D eigenvalue weighted by molar-refractivity contribution is -0.157. The molecule has 0 radical (unpaired) electrons. The largest absolute Gasteiger partial charge is 0.459 e. The lowest BCUT2D eigenvalue weighted by atomic mass is 10.1. The minimum atomic E-state index is -4.01. The third kappa shape index (κ3) is 5.18. The molecular formula is C26H33ClN4O6S. The first-order chi connectivity index (χ1) is 17.6. The number of hydrogen-bond acceptors (Lipinski definition) is 7. The molecule has 1 aromatic heterocycles. The highest BCUT2D eigenvalue weighted by atomic mass is 35.5. The van der Waals surface area contributed by atoms with Crippen molar-refractivity contribution in [1.82, 2.24) is 19.8 Å². The maximum atomic E-state index is 13.7. The Bertz CT molecular complexity index is 1370. The highest BCUT2D eigenvalue weighted by molar-refractivity contribution is 7.95. The smallest absolute Gasteiger partial charge is 0.327 e. The van der Waals surface area contributed by atoms with Gasteiger partial charge in [-0.2, -0.15) is 0 Å². The van der Waals surface area contributed by atoms with Gasteiger partial charge in [-0.3, -0.25) is 14.4 Å². The summed E-state index contributed by atoms with van der Waals surface area (Å²) < 4.78 is 31.3. The molecule has 2 aliphatic rings. The zero-order valence-corrected chi connectivity index (χ0v) is 23.8. The van der Waals surface area contributed by atoms with Crippen LogP contribution in [0.1, 0.15) is 74.1 Å². The standard InChI is InChI=1S/C26H33ClN4O6S/c1-24(2,3)37-23(34)25(4,5)38(35,36)26(10-11-26)16-30-12-13-31-19(22(30)33)15-28-20(31)21(32)29-14-17-6-8-18(27)9-7-17/h6-9,15H,10-14,16H2,1-5H3,(H,29,32). The molecule has 2 heterocycles. The number of nitrogens with one attached hydrogen (secondary N) is 1. The van der Waals surface area contributed by atoms with Gasteiger partial charge in [0.25, 0.3) is 11.8 Å². The van der Waals surface area contributed by atoms with Crippen LogP contribution in [0.3, 0.4) is 0 Å². The summed E-state index contributed by atoms with van der Waals surface area (Å²) >= 11 is 5.90. The quantitative estimate of drug-likeness (QED) is 0.488. The first-order valence-electron chi connectivity index (χ1n) is 12.4. The van der Waals surface area contributed by atoms with E-state index in [1.807, 2.05) is 0 Å². The van der Waals surface area contributed by atoms with E-state index < -0.39 is 42.7 Å². The summed E-state index contributed by atoms with van der Waals surface area (Å²) in [4.78, 5) is 44.5. The number of aromatic nitrogens is 2. The van der Waals surface area contributed by atoms with E-state index in [9.17, 15) is 22.8 Å². The van der Waals surface area contributed by atoms with Gasteiger partial charge in [0, 0.05) is 31.2 Å². The highest BCUT2D eigenvalue weighted by Crippen LogP contribution is 2.49. The van der Waals surface area contributed by atoms with Crippen LogP contribution in [0.4, 0.5) is 0 Å². The lowest BCUT2D eigenvalue weighted by Crippen LogP contribution is -2.54. The van der Waals surface area contributed by atoms with Crippen LogP contribution in [0.2, 0.25) is 5.02 Å². The van der Waals surface area contributed by atoms with Crippen LogP contribution in [-0.4, -0.2) is 68.8 Å². The van der Waals surface area contributed by atoms with Crippen LogP contribution < -0.4 is 5.32 Å². The number of imidazole rings is 1. The molecule has 0 saturated heterocycles. The second-order valence-electron chi connectivity index (χ2n) is 11.4. The Balaban J connectivity index is 1.46. The van der Waals surface area contributed by atoms with Crippen molar-refractivity contribution >= 4 is 39.2 Å². The number of benzene rings is 1. The summed E-state index contributed by atoms with van der Waals surface area (Å²) in [5.74, 6) is -1.53. The molecule has 0 bridgehead atoms. The van der Waals surface area contributed by atoms with Crippen molar-refractivity contribution in [2.75, 3.05) is 13.1 Å². The number of carbonyl (C=O) groups excluding carboxylic acids is 3. The SMILES string of the molecule is CC(C)(C)OC(=O)C(C)(C)S(=O)(=O)C1(CN2CCn3c(cnc3C(=O)NCc3ccc(Cl)cc3)C2=O)CC1. The first kappa shape index (κ1) is 28.1. The topological polar surface area (TPSA) is 128 Å². The normalized spacial score (nSPS) is 17.1. The second-order valence-corrected chi connectivity index (χ2v) is 14.7. The number of rotatable bonds is 8. The van der Waals surface area contributed by atoms with Crippen molar-refractivity contribution < 1.29 is 27.5 Å². The van der Waals surface area contributed by atoms with E-state index in [-0.39, 0.29) is 37.7 Å². The molecule has 1 aliphatic carbocycles. The van der Waals surface area contributed by atoms with Gasteiger partial charge in [-0.15, -0.1) is 0 Å². The van der Waals surface area contributed by atoms with Crippen LogP contribution in [0.15, 0.2) is 30.5 Å². The van der Waals surface area contributed by atoms with Crippen LogP contribution in [0.5, 0.6) is 0 Å². The van der Waals surface area contributed by atoms with E-state index >= 15 is 0 Å². The van der Waals surface area contributed by atoms with Crippen molar-refractivity contribution in [2.24, 2.45) is 0 Å². The molecule has 1 N–H and O–H groups in total. The third-order valence-corrected chi connectivity index (χ3v) is 10.4. The van der Waals surface area contributed by atoms with Gasteiger partial charge >= 0.3 is 5.97 Å². The van der Waals surface area contributed by atoms with E-state index in [1.54, 1.807) is 49.6 Å². The second kappa shape index (κ2) is 9.68. The molecular weight excluding hydrogens is 532 g/mol. The van der Waals surface area contributed by atoms with Gasteiger partial charge in [0.15, 0.2) is 20.4 Å². The van der Waals surface area contributed by atoms with Crippen molar-refractivity contribution in [1.29, 1.82) is 0 Å². The average molecular weight is 565 g/mol. The fraction of sp³-hybridized carbons (Fsp3) is 0.538. The summed E-state index contributed by atoms with van der Waals surface area (Å²) in [6.07, 6.45) is 2.04. The maximum absolute atomic E-state index is 13.7. The Hall–Kier alpha value is -2.92. The van der Waals surface area contributed by atoms with Gasteiger partial charge in [0.1, 0.15) is 11.3 Å². The first-order valence-corrected chi connectivity index (χ1v) is 14.3.